The summed E-state index contributed by atoms with van der Waals surface area (Å²) < 4.78 is 17.6. The van der Waals surface area contributed by atoms with E-state index in [0.29, 0.717) is 19.0 Å². The minimum atomic E-state index is -0.0489. The van der Waals surface area contributed by atoms with Crippen molar-refractivity contribution < 1.29 is 19.0 Å². The Bertz CT molecular complexity index is 1070. The molecule has 0 saturated carbocycles. The Labute approximate surface area is 182 Å². The first kappa shape index (κ1) is 19.5. The van der Waals surface area contributed by atoms with Crippen molar-refractivity contribution in [2.45, 2.75) is 4.90 Å². The van der Waals surface area contributed by atoms with E-state index in [0.717, 1.165) is 63.7 Å². The number of fused-ring (bicyclic) bond motifs is 2. The maximum absolute atomic E-state index is 12.4. The second-order valence-electron chi connectivity index (χ2n) is 6.92. The molecule has 0 unspecified atom stereocenters. The highest BCUT2D eigenvalue weighted by Crippen LogP contribution is 2.34. The van der Waals surface area contributed by atoms with Gasteiger partial charge < -0.3 is 24.4 Å². The van der Waals surface area contributed by atoms with Crippen LogP contribution in [-0.4, -0.2) is 56.2 Å². The van der Waals surface area contributed by atoms with E-state index in [2.05, 4.69) is 10.2 Å². The molecule has 0 radical (unpaired) electrons. The summed E-state index contributed by atoms with van der Waals surface area (Å²) in [7, 11) is 0. The molecule has 3 heterocycles. The Morgan fingerprint density at radius 1 is 1.07 bits per heavy atom. The number of nitrogens with one attached hydrogen (secondary N) is 1. The molecule has 1 aromatic heterocycles. The molecular weight excluding hydrogens is 422 g/mol. The molecule has 0 aliphatic carbocycles. The molecule has 2 aromatic carbocycles. The van der Waals surface area contributed by atoms with Gasteiger partial charge in [0.25, 0.3) is 0 Å². The number of morpholine rings is 1. The van der Waals surface area contributed by atoms with Gasteiger partial charge in [0.1, 0.15) is 13.2 Å². The van der Waals surface area contributed by atoms with E-state index < -0.39 is 0 Å². The lowest BCUT2D eigenvalue weighted by atomic mass is 10.3. The van der Waals surface area contributed by atoms with Crippen LogP contribution in [0.2, 0.25) is 0 Å². The van der Waals surface area contributed by atoms with Crippen LogP contribution in [-0.2, 0) is 9.53 Å². The van der Waals surface area contributed by atoms with E-state index >= 15 is 0 Å². The van der Waals surface area contributed by atoms with Crippen molar-refractivity contribution in [3.63, 3.8) is 0 Å². The summed E-state index contributed by atoms with van der Waals surface area (Å²) in [4.78, 5) is 20.4. The van der Waals surface area contributed by atoms with Crippen molar-refractivity contribution in [3.05, 3.63) is 36.4 Å². The standard InChI is InChI=1S/C21H21N3O4S2/c25-20(13-29-15-2-4-17-18(12-15)28-10-9-27-17)22-14-1-3-16-19(11-14)30-21(23-16)24-5-7-26-8-6-24/h1-4,11-12H,5-10,13H2,(H,22,25). The Morgan fingerprint density at radius 2 is 1.90 bits per heavy atom. The number of carbonyl (C=O) groups is 1. The van der Waals surface area contributed by atoms with Crippen LogP contribution in [0.5, 0.6) is 11.5 Å². The first-order valence-electron chi connectivity index (χ1n) is 9.80. The maximum Gasteiger partial charge on any atom is 0.234 e. The van der Waals surface area contributed by atoms with Crippen LogP contribution in [0.15, 0.2) is 41.3 Å². The number of amides is 1. The Hall–Kier alpha value is -2.49. The zero-order valence-corrected chi connectivity index (χ0v) is 17.9. The first-order chi connectivity index (χ1) is 14.7. The van der Waals surface area contributed by atoms with E-state index in [4.69, 9.17) is 19.2 Å². The number of thioether (sulfide) groups is 1. The highest BCUT2D eigenvalue weighted by Gasteiger charge is 2.16. The number of ether oxygens (including phenoxy) is 3. The Morgan fingerprint density at radius 3 is 2.77 bits per heavy atom. The van der Waals surface area contributed by atoms with Gasteiger partial charge in [-0.15, -0.1) is 11.8 Å². The van der Waals surface area contributed by atoms with E-state index in [1.165, 1.54) is 11.8 Å². The van der Waals surface area contributed by atoms with Crippen LogP contribution in [0.4, 0.5) is 10.8 Å². The molecule has 0 atom stereocenters. The molecule has 1 saturated heterocycles. The van der Waals surface area contributed by atoms with Gasteiger partial charge in [0.2, 0.25) is 5.91 Å². The zero-order chi connectivity index (χ0) is 20.3. The van der Waals surface area contributed by atoms with Crippen molar-refractivity contribution >= 4 is 50.0 Å². The van der Waals surface area contributed by atoms with E-state index in [-0.39, 0.29) is 5.91 Å². The fraction of sp³-hybridized carbons (Fsp3) is 0.333. The van der Waals surface area contributed by atoms with E-state index in [1.54, 1.807) is 11.3 Å². The molecule has 30 heavy (non-hydrogen) atoms. The van der Waals surface area contributed by atoms with Gasteiger partial charge in [0.05, 0.1) is 29.2 Å². The molecular formula is C21H21N3O4S2. The van der Waals surface area contributed by atoms with Crippen LogP contribution in [0, 0.1) is 0 Å². The highest BCUT2D eigenvalue weighted by atomic mass is 32.2. The lowest BCUT2D eigenvalue weighted by molar-refractivity contribution is -0.113. The van der Waals surface area contributed by atoms with Crippen molar-refractivity contribution in [3.8, 4) is 11.5 Å². The number of rotatable bonds is 5. The molecule has 1 N–H and O–H groups in total. The summed E-state index contributed by atoms with van der Waals surface area (Å²) >= 11 is 3.12. The molecule has 3 aromatic rings. The molecule has 1 amide bonds. The normalized spacial score (nSPS) is 15.9. The van der Waals surface area contributed by atoms with Crippen LogP contribution >= 0.6 is 23.1 Å². The molecule has 1 fully saturated rings. The van der Waals surface area contributed by atoms with Gasteiger partial charge in [-0.05, 0) is 36.4 Å². The molecule has 0 spiro atoms. The largest absolute Gasteiger partial charge is 0.486 e. The van der Waals surface area contributed by atoms with E-state index in [1.807, 2.05) is 36.4 Å². The molecule has 2 aliphatic rings. The molecule has 156 valence electrons. The summed E-state index contributed by atoms with van der Waals surface area (Å²) in [5.74, 6) is 1.76. The smallest absolute Gasteiger partial charge is 0.234 e. The third kappa shape index (κ3) is 4.33. The number of thiazole rings is 1. The van der Waals surface area contributed by atoms with Gasteiger partial charge >= 0.3 is 0 Å². The predicted molar refractivity (Wildman–Crippen MR) is 119 cm³/mol. The molecule has 0 bridgehead atoms. The van der Waals surface area contributed by atoms with Crippen LogP contribution in [0.1, 0.15) is 0 Å². The second-order valence-corrected chi connectivity index (χ2v) is 8.98. The van der Waals surface area contributed by atoms with Crippen molar-refractivity contribution in [1.29, 1.82) is 0 Å². The summed E-state index contributed by atoms with van der Waals surface area (Å²) in [6, 6.07) is 11.6. The monoisotopic (exact) mass is 443 g/mol. The maximum atomic E-state index is 12.4. The fourth-order valence-electron chi connectivity index (χ4n) is 3.34. The summed E-state index contributed by atoms with van der Waals surface area (Å²) in [6.45, 7) is 4.31. The van der Waals surface area contributed by atoms with Gasteiger partial charge in [-0.1, -0.05) is 11.3 Å². The lowest BCUT2D eigenvalue weighted by Crippen LogP contribution is -2.36. The second kappa shape index (κ2) is 8.71. The SMILES string of the molecule is O=C(CSc1ccc2c(c1)OCCO2)Nc1ccc2nc(N3CCOCC3)sc2c1. The number of hydrogen-bond acceptors (Lipinski definition) is 8. The van der Waals surface area contributed by atoms with Crippen LogP contribution in [0.3, 0.4) is 0 Å². The van der Waals surface area contributed by atoms with Crippen LogP contribution in [0.25, 0.3) is 10.2 Å². The number of hydrogen-bond donors (Lipinski definition) is 1. The number of aromatic nitrogens is 1. The van der Waals surface area contributed by atoms with Gasteiger partial charge in [-0.2, -0.15) is 0 Å². The van der Waals surface area contributed by atoms with Crippen molar-refractivity contribution in [2.75, 3.05) is 55.5 Å². The summed E-state index contributed by atoms with van der Waals surface area (Å²) in [5.41, 5.74) is 1.73. The van der Waals surface area contributed by atoms with Crippen molar-refractivity contribution in [1.82, 2.24) is 4.98 Å². The average Bonchev–Trinajstić information content (AvgIpc) is 3.22. The van der Waals surface area contributed by atoms with Crippen LogP contribution < -0.4 is 19.7 Å². The van der Waals surface area contributed by atoms with Gasteiger partial charge in [-0.25, -0.2) is 4.98 Å². The van der Waals surface area contributed by atoms with Gasteiger partial charge in [0.15, 0.2) is 16.6 Å². The summed E-state index contributed by atoms with van der Waals surface area (Å²) in [6.07, 6.45) is 0. The predicted octanol–water partition coefficient (Wildman–Crippen LogP) is 3.63. The quantitative estimate of drug-likeness (QED) is 0.604. The topological polar surface area (TPSA) is 72.9 Å². The minimum absolute atomic E-state index is 0.0489. The van der Waals surface area contributed by atoms with Crippen molar-refractivity contribution in [2.24, 2.45) is 0 Å². The fourth-order valence-corrected chi connectivity index (χ4v) is 5.12. The number of benzene rings is 2. The Balaban J connectivity index is 1.21. The Kier molecular flexibility index (Phi) is 5.65. The molecule has 7 nitrogen and oxygen atoms in total. The van der Waals surface area contributed by atoms with Gasteiger partial charge in [0, 0.05) is 23.7 Å². The van der Waals surface area contributed by atoms with E-state index in [9.17, 15) is 4.79 Å². The molecule has 2 aliphatic heterocycles. The van der Waals surface area contributed by atoms with Gasteiger partial charge in [-0.3, -0.25) is 4.79 Å². The third-order valence-electron chi connectivity index (χ3n) is 4.83. The first-order valence-corrected chi connectivity index (χ1v) is 11.6. The summed E-state index contributed by atoms with van der Waals surface area (Å²) in [5, 5.41) is 3.99. The number of nitrogens with zero attached hydrogens (tertiary/aromatic N) is 2. The number of carbonyl (C=O) groups excluding carboxylic acids is 1. The highest BCUT2D eigenvalue weighted by molar-refractivity contribution is 8.00. The third-order valence-corrected chi connectivity index (χ3v) is 6.90. The minimum Gasteiger partial charge on any atom is -0.486 e. The lowest BCUT2D eigenvalue weighted by Gasteiger charge is -2.25. The molecule has 9 heteroatoms. The average molecular weight is 444 g/mol. The molecule has 5 rings (SSSR count). The number of anilines is 2. The zero-order valence-electron chi connectivity index (χ0n) is 16.3.